The SMILES string of the molecule is C#C.C=C(C)C.CC.CC.CC.CC1=C(C)C(CCNCC(=O)N2C(C#N)CC3C2[C@H]3C)(C(=N)N=NN)c2ccc(F)cc2CC1.CCOCCNC(C)=O. The maximum absolute atomic E-state index is 14.1. The number of carbonyl (C=O) groups is 2. The number of nitrogens with one attached hydrogen (secondary N) is 3. The third-order valence-electron chi connectivity index (χ3n) is 9.02. The Morgan fingerprint density at radius 1 is 1.13 bits per heavy atom. The van der Waals surface area contributed by atoms with Crippen LogP contribution in [0.1, 0.15) is 120 Å². The first-order valence-electron chi connectivity index (χ1n) is 19.6. The first kappa shape index (κ1) is 55.0. The molecule has 0 bridgehead atoms. The first-order valence-corrected chi connectivity index (χ1v) is 19.6. The molecule has 0 radical (unpaired) electrons. The van der Waals surface area contributed by atoms with Crippen molar-refractivity contribution in [3.8, 4) is 18.9 Å². The number of hydrogen-bond acceptors (Lipinski definition) is 7. The highest BCUT2D eigenvalue weighted by atomic mass is 19.1. The smallest absolute Gasteiger partial charge is 0.237 e. The summed E-state index contributed by atoms with van der Waals surface area (Å²) in [7, 11) is 0. The molecular weight excluding hydrogens is 696 g/mol. The third-order valence-corrected chi connectivity index (χ3v) is 9.02. The molecule has 4 unspecified atom stereocenters. The van der Waals surface area contributed by atoms with Gasteiger partial charge in [0.15, 0.2) is 5.84 Å². The normalized spacial score (nSPS) is 20.9. The minimum absolute atomic E-state index is 0.00490. The molecule has 2 aliphatic carbocycles. The minimum Gasteiger partial charge on any atom is -0.380 e. The highest BCUT2D eigenvalue weighted by Crippen LogP contribution is 2.52. The standard InChI is InChI=1S/C25H32FN7O.C6H13NO2.C4H8.3C2H6.C2H2/c1-14-4-5-17-10-18(26)6-7-21(17)25(16(14)3,24(28)31-32-29)8-9-30-13-22(34)33-19(12-27)11-20-15(2)23(20)33;1-3-9-5-4-7-6(2)8;1-4(2)3;4*1-2/h6-7,10,15,19-20,23,30H,4-5,8-9,11,13H2,1-3H3,(H3,28,29,31);3-5H2,1-2H3,(H,7,8);1H2,2-3H3;3*1-2H3;1-2H/t15-,19?,20?,23?,25?;;;;;;/m0....../s1. The van der Waals surface area contributed by atoms with Crippen LogP contribution in [-0.2, 0) is 26.2 Å². The van der Waals surface area contributed by atoms with E-state index < -0.39 is 5.41 Å². The number of aryl methyl sites for hydroxylation is 1. The molecule has 4 rings (SSSR count). The molecule has 5 N–H and O–H groups in total. The lowest BCUT2D eigenvalue weighted by atomic mass is 9.69. The molecule has 0 spiro atoms. The molecule has 1 aromatic rings. The molecule has 2 fully saturated rings. The van der Waals surface area contributed by atoms with Crippen LogP contribution in [0.2, 0.25) is 0 Å². The van der Waals surface area contributed by atoms with E-state index in [1.807, 2.05) is 76.2 Å². The Morgan fingerprint density at radius 2 is 1.71 bits per heavy atom. The van der Waals surface area contributed by atoms with Crippen LogP contribution >= 0.6 is 0 Å². The van der Waals surface area contributed by atoms with Crippen LogP contribution in [0.4, 0.5) is 4.39 Å². The number of likely N-dealkylation sites (tertiary alicyclic amines) is 1. The molecular formula is C43H73FN8O3. The van der Waals surface area contributed by atoms with Crippen molar-refractivity contribution in [2.45, 2.75) is 133 Å². The molecule has 1 aliphatic heterocycles. The van der Waals surface area contributed by atoms with Gasteiger partial charge >= 0.3 is 0 Å². The number of terminal acetylenes is 1. The summed E-state index contributed by atoms with van der Waals surface area (Å²) in [6, 6.07) is 6.77. The monoisotopic (exact) mass is 769 g/mol. The number of halogens is 1. The summed E-state index contributed by atoms with van der Waals surface area (Å²) in [5.41, 5.74) is 4.00. The molecule has 310 valence electrons. The summed E-state index contributed by atoms with van der Waals surface area (Å²) in [6.07, 6.45) is 10.6. The minimum atomic E-state index is -0.929. The summed E-state index contributed by atoms with van der Waals surface area (Å²) in [5.74, 6) is 5.83. The van der Waals surface area contributed by atoms with Crippen LogP contribution in [0.25, 0.3) is 0 Å². The number of nitrogens with zero attached hydrogens (tertiary/aromatic N) is 4. The molecule has 0 aromatic heterocycles. The third kappa shape index (κ3) is 17.3. The van der Waals surface area contributed by atoms with Gasteiger partial charge in [-0.1, -0.05) is 76.5 Å². The topological polar surface area (TPSA) is 169 Å². The van der Waals surface area contributed by atoms with Crippen molar-refractivity contribution < 1.29 is 18.7 Å². The number of rotatable bonds is 10. The number of allylic oxidation sites excluding steroid dienone is 2. The largest absolute Gasteiger partial charge is 0.380 e. The maximum atomic E-state index is 14.1. The second kappa shape index (κ2) is 30.9. The van der Waals surface area contributed by atoms with Crippen molar-refractivity contribution >= 4 is 17.6 Å². The average molecular weight is 769 g/mol. The van der Waals surface area contributed by atoms with Gasteiger partial charge in [0.05, 0.1) is 24.6 Å². The fraction of sp³-hybridized carbons (Fsp3) is 0.628. The van der Waals surface area contributed by atoms with Crippen molar-refractivity contribution in [3.63, 3.8) is 0 Å². The van der Waals surface area contributed by atoms with Crippen LogP contribution in [0, 0.1) is 47.2 Å². The van der Waals surface area contributed by atoms with Gasteiger partial charge in [-0.2, -0.15) is 5.26 Å². The fourth-order valence-corrected chi connectivity index (χ4v) is 6.53. The zero-order chi connectivity index (χ0) is 43.3. The van der Waals surface area contributed by atoms with Gasteiger partial charge in [0.25, 0.3) is 0 Å². The van der Waals surface area contributed by atoms with Crippen LogP contribution < -0.4 is 16.5 Å². The molecule has 5 atom stereocenters. The number of fused-ring (bicyclic) bond motifs is 2. The Labute approximate surface area is 333 Å². The van der Waals surface area contributed by atoms with Gasteiger partial charge in [0.2, 0.25) is 11.8 Å². The van der Waals surface area contributed by atoms with Crippen LogP contribution in [0.5, 0.6) is 0 Å². The van der Waals surface area contributed by atoms with Crippen LogP contribution in [0.3, 0.4) is 0 Å². The summed E-state index contributed by atoms with van der Waals surface area (Å²) in [6.45, 7) is 31.5. The van der Waals surface area contributed by atoms with Crippen molar-refractivity contribution in [2.24, 2.45) is 28.0 Å². The average Bonchev–Trinajstić information content (AvgIpc) is 3.64. The molecule has 12 heteroatoms. The molecule has 1 aromatic carbocycles. The van der Waals surface area contributed by atoms with E-state index >= 15 is 0 Å². The molecule has 3 aliphatic rings. The van der Waals surface area contributed by atoms with Crippen LogP contribution in [-0.4, -0.2) is 67.5 Å². The summed E-state index contributed by atoms with van der Waals surface area (Å²) in [4.78, 5) is 24.9. The van der Waals surface area contributed by atoms with Crippen molar-refractivity contribution in [1.82, 2.24) is 15.5 Å². The number of amides is 2. The molecule has 2 amide bonds. The maximum Gasteiger partial charge on any atom is 0.237 e. The zero-order valence-electron chi connectivity index (χ0n) is 36.2. The Kier molecular flexibility index (Phi) is 30.9. The molecule has 1 saturated heterocycles. The number of benzene rings is 1. The Bertz CT molecular complexity index is 1430. The molecule has 11 nitrogen and oxygen atoms in total. The van der Waals surface area contributed by atoms with Gasteiger partial charge in [-0.3, -0.25) is 15.0 Å². The van der Waals surface area contributed by atoms with E-state index in [0.29, 0.717) is 51.0 Å². The number of carbonyl (C=O) groups excluding carboxylic acids is 2. The number of hydrogen-bond donors (Lipinski definition) is 4. The van der Waals surface area contributed by atoms with E-state index in [-0.39, 0.29) is 42.1 Å². The summed E-state index contributed by atoms with van der Waals surface area (Å²) < 4.78 is 19.1. The molecule has 55 heavy (non-hydrogen) atoms. The van der Waals surface area contributed by atoms with Gasteiger partial charge < -0.3 is 26.1 Å². The van der Waals surface area contributed by atoms with E-state index in [2.05, 4.69) is 53.4 Å². The Morgan fingerprint density at radius 3 is 2.22 bits per heavy atom. The highest BCUT2D eigenvalue weighted by Gasteiger charge is 2.60. The van der Waals surface area contributed by atoms with E-state index in [1.54, 1.807) is 11.0 Å². The number of nitriles is 1. The van der Waals surface area contributed by atoms with Crippen LogP contribution in [0.15, 0.2) is 51.8 Å². The van der Waals surface area contributed by atoms with E-state index in [4.69, 9.17) is 16.0 Å². The van der Waals surface area contributed by atoms with Gasteiger partial charge in [-0.05, 0) is 102 Å². The lowest BCUT2D eigenvalue weighted by Gasteiger charge is -2.35. The summed E-state index contributed by atoms with van der Waals surface area (Å²) in [5, 5.41) is 31.4. The second-order valence-electron chi connectivity index (χ2n) is 12.7. The zero-order valence-corrected chi connectivity index (χ0v) is 36.2. The van der Waals surface area contributed by atoms with E-state index in [9.17, 15) is 19.2 Å². The van der Waals surface area contributed by atoms with Gasteiger partial charge in [-0.15, -0.1) is 24.5 Å². The fourth-order valence-electron chi connectivity index (χ4n) is 6.53. The van der Waals surface area contributed by atoms with Gasteiger partial charge in [0, 0.05) is 26.1 Å². The summed E-state index contributed by atoms with van der Waals surface area (Å²) >= 11 is 0. The first-order chi connectivity index (χ1) is 26.3. The predicted octanol–water partition coefficient (Wildman–Crippen LogP) is 8.46. The van der Waals surface area contributed by atoms with E-state index in [1.165, 1.54) is 24.6 Å². The lowest BCUT2D eigenvalue weighted by molar-refractivity contribution is -0.131. The van der Waals surface area contributed by atoms with E-state index in [0.717, 1.165) is 35.1 Å². The van der Waals surface area contributed by atoms with Crippen molar-refractivity contribution in [1.29, 1.82) is 10.7 Å². The predicted molar refractivity (Wildman–Crippen MR) is 226 cm³/mol. The molecule has 1 saturated carbocycles. The quantitative estimate of drug-likeness (QED) is 0.0272. The van der Waals surface area contributed by atoms with Gasteiger partial charge in [0.1, 0.15) is 11.9 Å². The lowest BCUT2D eigenvalue weighted by Crippen LogP contribution is -2.45. The molecule has 1 heterocycles. The van der Waals surface area contributed by atoms with Crippen molar-refractivity contribution in [3.05, 3.63) is 58.4 Å². The van der Waals surface area contributed by atoms with Gasteiger partial charge in [-0.25, -0.2) is 4.39 Å². The Balaban J connectivity index is -0.00000108. The number of piperidine rings is 1. The van der Waals surface area contributed by atoms with Crippen molar-refractivity contribution in [2.75, 3.05) is 32.8 Å². The number of amidine groups is 1. The number of nitrogens with two attached hydrogens (primary N) is 1. The highest BCUT2D eigenvalue weighted by molar-refractivity contribution is 5.95. The second-order valence-corrected chi connectivity index (χ2v) is 12.7. The Hall–Kier alpha value is -4.39. The number of ether oxygens (including phenoxy) is 1.